The van der Waals surface area contributed by atoms with Crippen molar-refractivity contribution in [3.8, 4) is 5.82 Å². The average Bonchev–Trinajstić information content (AvgIpc) is 3.36. The number of aromatic nitrogens is 3. The summed E-state index contributed by atoms with van der Waals surface area (Å²) in [4.78, 5) is 31.2. The number of nitrogens with one attached hydrogen (secondary N) is 1. The molecule has 25 heavy (non-hydrogen) atoms. The number of rotatable bonds is 4. The van der Waals surface area contributed by atoms with Crippen LogP contribution in [0.1, 0.15) is 25.7 Å². The summed E-state index contributed by atoms with van der Waals surface area (Å²) in [7, 11) is 0. The third-order valence-electron chi connectivity index (χ3n) is 4.80. The molecule has 1 atom stereocenters. The minimum atomic E-state index is -0.179. The molecule has 1 saturated carbocycles. The molecule has 0 bridgehead atoms. The first-order valence-electron chi connectivity index (χ1n) is 8.77. The van der Waals surface area contributed by atoms with Crippen molar-refractivity contribution in [2.24, 2.45) is 11.8 Å². The Hall–Kier alpha value is -2.70. The Morgan fingerprint density at radius 2 is 2.00 bits per heavy atom. The van der Waals surface area contributed by atoms with Crippen LogP contribution >= 0.6 is 0 Å². The first-order chi connectivity index (χ1) is 12.2. The first-order valence-corrected chi connectivity index (χ1v) is 8.77. The van der Waals surface area contributed by atoms with Gasteiger partial charge >= 0.3 is 0 Å². The number of piperidine rings is 1. The maximum Gasteiger partial charge on any atom is 0.229 e. The van der Waals surface area contributed by atoms with Gasteiger partial charge in [-0.25, -0.2) is 9.67 Å². The molecule has 1 aliphatic carbocycles. The third-order valence-corrected chi connectivity index (χ3v) is 4.80. The molecule has 0 spiro atoms. The molecule has 2 aromatic rings. The zero-order valence-corrected chi connectivity index (χ0v) is 14.0. The normalized spacial score (nSPS) is 20.3. The lowest BCUT2D eigenvalue weighted by Crippen LogP contribution is -2.44. The number of nitrogens with zero attached hydrogens (tertiary/aromatic N) is 4. The van der Waals surface area contributed by atoms with Gasteiger partial charge in [0.1, 0.15) is 0 Å². The van der Waals surface area contributed by atoms with Crippen molar-refractivity contribution >= 4 is 17.5 Å². The van der Waals surface area contributed by atoms with E-state index in [1.807, 2.05) is 17.0 Å². The van der Waals surface area contributed by atoms with Gasteiger partial charge in [0.25, 0.3) is 0 Å². The van der Waals surface area contributed by atoms with Gasteiger partial charge in [0.15, 0.2) is 5.82 Å². The highest BCUT2D eigenvalue weighted by Gasteiger charge is 2.36. The van der Waals surface area contributed by atoms with Gasteiger partial charge in [0.05, 0.1) is 11.6 Å². The molecule has 2 aromatic heterocycles. The van der Waals surface area contributed by atoms with Crippen LogP contribution in [0.4, 0.5) is 5.69 Å². The number of anilines is 1. The molecule has 1 N–H and O–H groups in total. The number of carbonyl (C=O) groups excluding carboxylic acids is 2. The lowest BCUT2D eigenvalue weighted by atomic mass is 9.96. The van der Waals surface area contributed by atoms with Crippen LogP contribution in [0.3, 0.4) is 0 Å². The standard InChI is InChI=1S/C18H21N5O2/c24-17(14-4-2-10-22(12-14)18(25)13-6-7-13)21-15-5-1-8-19-16(15)23-11-3-9-20-23/h1,3,5,8-9,11,13-14H,2,4,6-7,10,12H2,(H,21,24). The van der Waals surface area contributed by atoms with Gasteiger partial charge in [0.2, 0.25) is 11.8 Å². The Labute approximate surface area is 146 Å². The quantitative estimate of drug-likeness (QED) is 0.922. The molecule has 2 aliphatic rings. The van der Waals surface area contributed by atoms with Crippen LogP contribution in [0.2, 0.25) is 0 Å². The summed E-state index contributed by atoms with van der Waals surface area (Å²) in [6.07, 6.45) is 8.79. The van der Waals surface area contributed by atoms with Crippen molar-refractivity contribution in [1.29, 1.82) is 0 Å². The SMILES string of the molecule is O=C(Nc1cccnc1-n1cccn1)C1CCCN(C(=O)C2CC2)C1. The van der Waals surface area contributed by atoms with Gasteiger partial charge < -0.3 is 10.2 Å². The highest BCUT2D eigenvalue weighted by atomic mass is 16.2. The maximum atomic E-state index is 12.7. The maximum absolute atomic E-state index is 12.7. The fourth-order valence-electron chi connectivity index (χ4n) is 3.29. The van der Waals surface area contributed by atoms with Gasteiger partial charge in [-0.15, -0.1) is 0 Å². The topological polar surface area (TPSA) is 80.1 Å². The van der Waals surface area contributed by atoms with Crippen molar-refractivity contribution in [3.63, 3.8) is 0 Å². The second-order valence-corrected chi connectivity index (χ2v) is 6.71. The highest BCUT2D eigenvalue weighted by Crippen LogP contribution is 2.32. The highest BCUT2D eigenvalue weighted by molar-refractivity contribution is 5.94. The molecule has 0 aromatic carbocycles. The van der Waals surface area contributed by atoms with Crippen molar-refractivity contribution < 1.29 is 9.59 Å². The van der Waals surface area contributed by atoms with E-state index in [0.29, 0.717) is 18.1 Å². The molecule has 1 unspecified atom stereocenters. The summed E-state index contributed by atoms with van der Waals surface area (Å²) in [5.41, 5.74) is 0.627. The van der Waals surface area contributed by atoms with Crippen molar-refractivity contribution in [3.05, 3.63) is 36.8 Å². The number of likely N-dealkylation sites (tertiary alicyclic amines) is 1. The van der Waals surface area contributed by atoms with E-state index in [0.717, 1.165) is 32.2 Å². The minimum Gasteiger partial charge on any atom is -0.342 e. The van der Waals surface area contributed by atoms with Gasteiger partial charge in [-0.3, -0.25) is 9.59 Å². The van der Waals surface area contributed by atoms with Crippen LogP contribution in [0, 0.1) is 11.8 Å². The number of carbonyl (C=O) groups is 2. The Bertz CT molecular complexity index is 770. The molecular formula is C18H21N5O2. The zero-order chi connectivity index (χ0) is 17.2. The summed E-state index contributed by atoms with van der Waals surface area (Å²) >= 11 is 0. The lowest BCUT2D eigenvalue weighted by Gasteiger charge is -2.32. The van der Waals surface area contributed by atoms with E-state index in [9.17, 15) is 9.59 Å². The second-order valence-electron chi connectivity index (χ2n) is 6.71. The van der Waals surface area contributed by atoms with Crippen LogP contribution in [-0.4, -0.2) is 44.6 Å². The van der Waals surface area contributed by atoms with Crippen LogP contribution in [0.15, 0.2) is 36.8 Å². The van der Waals surface area contributed by atoms with E-state index < -0.39 is 0 Å². The number of hydrogen-bond donors (Lipinski definition) is 1. The summed E-state index contributed by atoms with van der Waals surface area (Å²) < 4.78 is 1.62. The van der Waals surface area contributed by atoms with E-state index in [2.05, 4.69) is 15.4 Å². The van der Waals surface area contributed by atoms with Crippen LogP contribution in [0.25, 0.3) is 5.82 Å². The van der Waals surface area contributed by atoms with Crippen LogP contribution < -0.4 is 5.32 Å². The second kappa shape index (κ2) is 6.66. The molecule has 3 heterocycles. The van der Waals surface area contributed by atoms with Gasteiger partial charge in [-0.2, -0.15) is 5.10 Å². The van der Waals surface area contributed by atoms with Gasteiger partial charge in [-0.1, -0.05) is 0 Å². The largest absolute Gasteiger partial charge is 0.342 e. The van der Waals surface area contributed by atoms with Crippen LogP contribution in [-0.2, 0) is 9.59 Å². The van der Waals surface area contributed by atoms with Crippen LogP contribution in [0.5, 0.6) is 0 Å². The number of pyridine rings is 1. The predicted molar refractivity (Wildman–Crippen MR) is 92.0 cm³/mol. The molecule has 7 heteroatoms. The molecule has 2 amide bonds. The monoisotopic (exact) mass is 339 g/mol. The Morgan fingerprint density at radius 3 is 2.76 bits per heavy atom. The molecule has 4 rings (SSSR count). The molecule has 7 nitrogen and oxygen atoms in total. The molecule has 1 saturated heterocycles. The van der Waals surface area contributed by atoms with Gasteiger partial charge in [0, 0.05) is 37.6 Å². The molecule has 2 fully saturated rings. The van der Waals surface area contributed by atoms with Crippen molar-refractivity contribution in [2.45, 2.75) is 25.7 Å². The van der Waals surface area contributed by atoms with E-state index in [-0.39, 0.29) is 23.7 Å². The molecule has 130 valence electrons. The molecule has 0 radical (unpaired) electrons. The smallest absolute Gasteiger partial charge is 0.229 e. The third kappa shape index (κ3) is 3.40. The van der Waals surface area contributed by atoms with E-state index >= 15 is 0 Å². The lowest BCUT2D eigenvalue weighted by molar-refractivity contribution is -0.135. The number of hydrogen-bond acceptors (Lipinski definition) is 4. The predicted octanol–water partition coefficient (Wildman–Crippen LogP) is 1.85. The Kier molecular flexibility index (Phi) is 4.21. The molecule has 1 aliphatic heterocycles. The molecular weight excluding hydrogens is 318 g/mol. The summed E-state index contributed by atoms with van der Waals surface area (Å²) in [6.45, 7) is 1.28. The van der Waals surface area contributed by atoms with E-state index in [1.54, 1.807) is 29.3 Å². The van der Waals surface area contributed by atoms with Crippen molar-refractivity contribution in [2.75, 3.05) is 18.4 Å². The summed E-state index contributed by atoms with van der Waals surface area (Å²) in [5.74, 6) is 0.766. The van der Waals surface area contributed by atoms with Crippen molar-refractivity contribution in [1.82, 2.24) is 19.7 Å². The van der Waals surface area contributed by atoms with E-state index in [1.165, 1.54) is 0 Å². The first kappa shape index (κ1) is 15.8. The minimum absolute atomic E-state index is 0.0605. The van der Waals surface area contributed by atoms with E-state index in [4.69, 9.17) is 0 Å². The fourth-order valence-corrected chi connectivity index (χ4v) is 3.29. The average molecular weight is 339 g/mol. The number of amides is 2. The summed E-state index contributed by atoms with van der Waals surface area (Å²) in [6, 6.07) is 5.41. The van der Waals surface area contributed by atoms with Gasteiger partial charge in [-0.05, 0) is 43.9 Å². The Morgan fingerprint density at radius 1 is 1.12 bits per heavy atom. The fraction of sp³-hybridized carbons (Fsp3) is 0.444. The summed E-state index contributed by atoms with van der Waals surface area (Å²) in [5, 5.41) is 7.15. The zero-order valence-electron chi connectivity index (χ0n) is 14.0. The Balaban J connectivity index is 1.46.